The molecule has 9 heteroatoms. The van der Waals surface area contributed by atoms with E-state index >= 15 is 0 Å². The van der Waals surface area contributed by atoms with Crippen molar-refractivity contribution in [2.75, 3.05) is 5.73 Å². The molecule has 0 radical (unpaired) electrons. The minimum Gasteiger partial charge on any atom is -0.382 e. The third-order valence-corrected chi connectivity index (χ3v) is 2.57. The lowest BCUT2D eigenvalue weighted by Crippen LogP contribution is -2.11. The fraction of sp³-hybridized carbons (Fsp3) is 0.0909. The maximum Gasteiger partial charge on any atom is 0.418 e. The Morgan fingerprint density at radius 1 is 1.30 bits per heavy atom. The van der Waals surface area contributed by atoms with Crippen LogP contribution in [-0.2, 0) is 6.18 Å². The Morgan fingerprint density at radius 2 is 2.00 bits per heavy atom. The Bertz CT molecular complexity index is 675. The predicted octanol–water partition coefficient (Wildman–Crippen LogP) is 2.21. The van der Waals surface area contributed by atoms with Gasteiger partial charge in [-0.1, -0.05) is 12.6 Å². The zero-order chi connectivity index (χ0) is 14.9. The first-order chi connectivity index (χ1) is 9.30. The average Bonchev–Trinajstić information content (AvgIpc) is 2.38. The molecule has 20 heavy (non-hydrogen) atoms. The molecule has 0 fully saturated rings. The number of nitrogens with two attached hydrogens (primary N) is 1. The molecule has 2 aromatic heterocycles. The topological polar surface area (TPSA) is 81.8 Å². The van der Waals surface area contributed by atoms with Crippen molar-refractivity contribution in [3.8, 4) is 11.4 Å². The second-order valence-corrected chi connectivity index (χ2v) is 4.10. The molecule has 0 aliphatic rings. The Morgan fingerprint density at radius 3 is 2.60 bits per heavy atom. The van der Waals surface area contributed by atoms with Gasteiger partial charge in [0.1, 0.15) is 11.4 Å². The van der Waals surface area contributed by atoms with Crippen LogP contribution < -0.4 is 5.73 Å². The number of nitrogens with zero attached hydrogens (tertiary/aromatic N) is 3. The van der Waals surface area contributed by atoms with Crippen LogP contribution >= 0.6 is 12.6 Å². The van der Waals surface area contributed by atoms with Gasteiger partial charge in [0.05, 0.1) is 11.8 Å². The van der Waals surface area contributed by atoms with Crippen molar-refractivity contribution in [1.82, 2.24) is 15.0 Å². The van der Waals surface area contributed by atoms with Crippen LogP contribution in [0.1, 0.15) is 16.1 Å². The number of anilines is 1. The van der Waals surface area contributed by atoms with E-state index in [1.54, 1.807) is 0 Å². The summed E-state index contributed by atoms with van der Waals surface area (Å²) in [5, 5.41) is -0.790. The molecule has 0 bridgehead atoms. The number of alkyl halides is 3. The molecule has 0 saturated carbocycles. The van der Waals surface area contributed by atoms with Gasteiger partial charge in [-0.15, -0.1) is 0 Å². The van der Waals surface area contributed by atoms with Gasteiger partial charge in [-0.25, -0.2) is 9.97 Å². The van der Waals surface area contributed by atoms with E-state index in [2.05, 4.69) is 27.6 Å². The summed E-state index contributed by atoms with van der Waals surface area (Å²) in [6.45, 7) is 0. The Hall–Kier alpha value is -2.16. The van der Waals surface area contributed by atoms with Gasteiger partial charge < -0.3 is 5.73 Å². The van der Waals surface area contributed by atoms with Crippen molar-refractivity contribution in [3.63, 3.8) is 0 Å². The number of aromatic nitrogens is 3. The normalized spacial score (nSPS) is 11.4. The summed E-state index contributed by atoms with van der Waals surface area (Å²) in [6.07, 6.45) is -2.39. The van der Waals surface area contributed by atoms with E-state index in [4.69, 9.17) is 5.73 Å². The highest BCUT2D eigenvalue weighted by Crippen LogP contribution is 2.35. The summed E-state index contributed by atoms with van der Waals surface area (Å²) in [5.74, 6) is -0.210. The maximum absolute atomic E-state index is 12.9. The van der Waals surface area contributed by atoms with Crippen molar-refractivity contribution < 1.29 is 18.0 Å². The molecule has 0 saturated heterocycles. The van der Waals surface area contributed by atoms with Crippen LogP contribution in [0.3, 0.4) is 0 Å². The second-order valence-electron chi connectivity index (χ2n) is 3.69. The first-order valence-corrected chi connectivity index (χ1v) is 5.64. The summed E-state index contributed by atoms with van der Waals surface area (Å²) in [5.41, 5.74) is 3.48. The van der Waals surface area contributed by atoms with Gasteiger partial charge in [0.2, 0.25) is 5.12 Å². The van der Waals surface area contributed by atoms with Gasteiger partial charge in [-0.05, 0) is 12.1 Å². The molecule has 5 nitrogen and oxygen atoms in total. The molecule has 0 aliphatic heterocycles. The zero-order valence-electron chi connectivity index (χ0n) is 9.72. The molecule has 0 aromatic carbocycles. The first-order valence-electron chi connectivity index (χ1n) is 5.19. The highest BCUT2D eigenvalue weighted by molar-refractivity contribution is 7.97. The van der Waals surface area contributed by atoms with Gasteiger partial charge in [-0.2, -0.15) is 13.2 Å². The molecule has 2 aromatic rings. The number of halogens is 3. The minimum atomic E-state index is -4.60. The smallest absolute Gasteiger partial charge is 0.382 e. The number of hydrogen-bond donors (Lipinski definition) is 2. The van der Waals surface area contributed by atoms with Gasteiger partial charge in [-0.3, -0.25) is 9.78 Å². The fourth-order valence-corrected chi connectivity index (χ4v) is 1.67. The van der Waals surface area contributed by atoms with Crippen molar-refractivity contribution in [1.29, 1.82) is 0 Å². The molecule has 0 unspecified atom stereocenters. The van der Waals surface area contributed by atoms with E-state index in [-0.39, 0.29) is 17.2 Å². The third kappa shape index (κ3) is 2.72. The summed E-state index contributed by atoms with van der Waals surface area (Å²) in [4.78, 5) is 22.2. The number of thiol groups is 1. The number of carbonyl (C=O) groups is 1. The van der Waals surface area contributed by atoms with E-state index in [1.165, 1.54) is 6.20 Å². The Balaban J connectivity index is 2.64. The van der Waals surface area contributed by atoms with E-state index in [0.29, 0.717) is 0 Å². The van der Waals surface area contributed by atoms with Crippen LogP contribution in [0.2, 0.25) is 0 Å². The number of nitrogen functional groups attached to an aromatic ring is 1. The average molecular weight is 300 g/mol. The van der Waals surface area contributed by atoms with Crippen LogP contribution in [0.25, 0.3) is 11.4 Å². The monoisotopic (exact) mass is 300 g/mol. The van der Waals surface area contributed by atoms with Crippen LogP contribution in [0.4, 0.5) is 19.0 Å². The molecule has 2 N–H and O–H groups in total. The van der Waals surface area contributed by atoms with E-state index < -0.39 is 22.5 Å². The van der Waals surface area contributed by atoms with Crippen molar-refractivity contribution >= 4 is 23.6 Å². The Labute approximate surface area is 116 Å². The largest absolute Gasteiger partial charge is 0.418 e. The van der Waals surface area contributed by atoms with Crippen LogP contribution in [0, 0.1) is 0 Å². The van der Waals surface area contributed by atoms with E-state index in [0.717, 1.165) is 18.3 Å². The molecular formula is C11H7F3N4OS. The minimum absolute atomic E-state index is 0.204. The highest BCUT2D eigenvalue weighted by Gasteiger charge is 2.34. The molecule has 0 aliphatic carbocycles. The van der Waals surface area contributed by atoms with Crippen molar-refractivity contribution in [2.45, 2.75) is 6.18 Å². The summed E-state index contributed by atoms with van der Waals surface area (Å²) < 4.78 is 38.6. The van der Waals surface area contributed by atoms with Gasteiger partial charge in [0.15, 0.2) is 11.5 Å². The number of pyridine rings is 1. The molecule has 2 rings (SSSR count). The molecule has 0 spiro atoms. The summed E-state index contributed by atoms with van der Waals surface area (Å²) in [6, 6.07) is 2.02. The fourth-order valence-electron chi connectivity index (χ4n) is 1.51. The first kappa shape index (κ1) is 14.3. The number of rotatable bonds is 2. The standard InChI is InChI=1S/C11H7F3N4OS/c12-11(13,14)5-2-1-3-16-7(5)6-4-17-9(15)8(18-6)10(19)20/h1-4H,(H2,15,17)(H,19,20). The lowest BCUT2D eigenvalue weighted by molar-refractivity contribution is -0.137. The van der Waals surface area contributed by atoms with Gasteiger partial charge in [0, 0.05) is 6.20 Å². The van der Waals surface area contributed by atoms with E-state index in [9.17, 15) is 18.0 Å². The second kappa shape index (κ2) is 5.08. The third-order valence-electron chi connectivity index (χ3n) is 2.36. The summed E-state index contributed by atoms with van der Waals surface area (Å²) in [7, 11) is 0. The van der Waals surface area contributed by atoms with Crippen LogP contribution in [0.15, 0.2) is 24.5 Å². The summed E-state index contributed by atoms with van der Waals surface area (Å²) >= 11 is 3.54. The van der Waals surface area contributed by atoms with Gasteiger partial charge >= 0.3 is 6.18 Å². The molecular weight excluding hydrogens is 293 g/mol. The lowest BCUT2D eigenvalue weighted by Gasteiger charge is -2.11. The molecule has 0 atom stereocenters. The van der Waals surface area contributed by atoms with E-state index in [1.807, 2.05) is 0 Å². The highest BCUT2D eigenvalue weighted by atomic mass is 32.1. The molecule has 0 amide bonds. The number of hydrogen-bond acceptors (Lipinski definition) is 5. The zero-order valence-corrected chi connectivity index (χ0v) is 10.6. The number of carbonyl (C=O) groups excluding carboxylic acids is 1. The molecule has 104 valence electrons. The lowest BCUT2D eigenvalue weighted by atomic mass is 10.1. The predicted molar refractivity (Wildman–Crippen MR) is 68.0 cm³/mol. The Kier molecular flexibility index (Phi) is 3.62. The van der Waals surface area contributed by atoms with Crippen LogP contribution in [-0.4, -0.2) is 20.1 Å². The van der Waals surface area contributed by atoms with Crippen molar-refractivity contribution in [3.05, 3.63) is 35.8 Å². The van der Waals surface area contributed by atoms with Gasteiger partial charge in [0.25, 0.3) is 0 Å². The molecule has 2 heterocycles. The quantitative estimate of drug-likeness (QED) is 0.831. The SMILES string of the molecule is Nc1ncc(-c2ncccc2C(F)(F)F)nc1C(=O)S. The maximum atomic E-state index is 12.9. The van der Waals surface area contributed by atoms with Crippen molar-refractivity contribution in [2.24, 2.45) is 0 Å². The van der Waals surface area contributed by atoms with Crippen LogP contribution in [0.5, 0.6) is 0 Å².